The van der Waals surface area contributed by atoms with Gasteiger partial charge in [0.15, 0.2) is 0 Å². The highest BCUT2D eigenvalue weighted by Gasteiger charge is 2.26. The predicted octanol–water partition coefficient (Wildman–Crippen LogP) is 4.41. The van der Waals surface area contributed by atoms with E-state index in [9.17, 15) is 13.2 Å². The van der Waals surface area contributed by atoms with Crippen LogP contribution in [-0.4, -0.2) is 43.1 Å². The molecule has 0 fully saturated rings. The third kappa shape index (κ3) is 7.64. The van der Waals surface area contributed by atoms with Gasteiger partial charge in [-0.2, -0.15) is 0 Å². The lowest BCUT2D eigenvalue weighted by Gasteiger charge is -2.27. The monoisotopic (exact) mass is 455 g/mol. The number of carbonyl (C=O) groups is 1. The fourth-order valence-electron chi connectivity index (χ4n) is 3.10. The molecule has 2 aromatic rings. The van der Waals surface area contributed by atoms with E-state index in [0.717, 1.165) is 23.4 Å². The predicted molar refractivity (Wildman–Crippen MR) is 131 cm³/mol. The molecule has 0 spiro atoms. The van der Waals surface area contributed by atoms with Crippen LogP contribution in [0.3, 0.4) is 0 Å². The van der Waals surface area contributed by atoms with Gasteiger partial charge in [-0.15, -0.1) is 0 Å². The van der Waals surface area contributed by atoms with Gasteiger partial charge < -0.3 is 4.90 Å². The molecule has 0 radical (unpaired) electrons. The van der Waals surface area contributed by atoms with E-state index in [0.29, 0.717) is 18.8 Å². The Morgan fingerprint density at radius 3 is 2.31 bits per heavy atom. The van der Waals surface area contributed by atoms with Crippen LogP contribution in [0.25, 0.3) is 0 Å². The topological polar surface area (TPSA) is 70.6 Å². The standard InChI is InChI=1S/C25H33N3O3S/c1-5-7-8-9-10-18-32(30,31)28(24-16-14-21(3)15-17-24)20-25(29)27(6-2)19-23-13-11-12-22(4)26-23/h7-17H,5-6,18-20H2,1-4H3/b8-7-,10-9-. The highest BCUT2D eigenvalue weighted by atomic mass is 32.2. The van der Waals surface area contributed by atoms with E-state index in [4.69, 9.17) is 0 Å². The largest absolute Gasteiger partial charge is 0.336 e. The molecule has 172 valence electrons. The molecule has 0 aliphatic rings. The van der Waals surface area contributed by atoms with Crippen LogP contribution in [0.5, 0.6) is 0 Å². The average Bonchev–Trinajstić information content (AvgIpc) is 2.76. The zero-order chi connectivity index (χ0) is 23.6. The average molecular weight is 456 g/mol. The number of nitrogens with zero attached hydrogens (tertiary/aromatic N) is 3. The minimum atomic E-state index is -3.74. The summed E-state index contributed by atoms with van der Waals surface area (Å²) in [5.74, 6) is -0.455. The first kappa shape index (κ1) is 25.3. The molecular formula is C25H33N3O3S. The lowest BCUT2D eigenvalue weighted by Crippen LogP contribution is -2.43. The lowest BCUT2D eigenvalue weighted by atomic mass is 10.2. The van der Waals surface area contributed by atoms with Gasteiger partial charge in [-0.05, 0) is 51.5 Å². The summed E-state index contributed by atoms with van der Waals surface area (Å²) in [7, 11) is -3.74. The minimum absolute atomic E-state index is 0.187. The molecule has 1 aromatic heterocycles. The Balaban J connectivity index is 2.26. The second-order valence-electron chi connectivity index (χ2n) is 7.56. The quantitative estimate of drug-likeness (QED) is 0.471. The summed E-state index contributed by atoms with van der Waals surface area (Å²) >= 11 is 0. The first-order chi connectivity index (χ1) is 15.3. The Kier molecular flexibility index (Phi) is 9.65. The maximum absolute atomic E-state index is 13.2. The minimum Gasteiger partial charge on any atom is -0.336 e. The summed E-state index contributed by atoms with van der Waals surface area (Å²) in [6.07, 6.45) is 7.97. The van der Waals surface area contributed by atoms with Gasteiger partial charge in [0.2, 0.25) is 15.9 Å². The van der Waals surface area contributed by atoms with Crippen LogP contribution in [0.2, 0.25) is 0 Å². The third-order valence-electron chi connectivity index (χ3n) is 4.90. The number of likely N-dealkylation sites (N-methyl/N-ethyl adjacent to an activating group) is 1. The normalized spacial score (nSPS) is 11.9. The van der Waals surface area contributed by atoms with Crippen molar-refractivity contribution in [2.24, 2.45) is 0 Å². The lowest BCUT2D eigenvalue weighted by molar-refractivity contribution is -0.130. The van der Waals surface area contributed by atoms with Crippen LogP contribution < -0.4 is 4.31 Å². The van der Waals surface area contributed by atoms with E-state index in [1.165, 1.54) is 4.31 Å². The van der Waals surface area contributed by atoms with Crippen LogP contribution >= 0.6 is 0 Å². The van der Waals surface area contributed by atoms with Crippen LogP contribution in [0.1, 0.15) is 37.2 Å². The molecule has 1 amide bonds. The Hall–Kier alpha value is -2.93. The molecule has 0 unspecified atom stereocenters. The zero-order valence-corrected chi connectivity index (χ0v) is 20.2. The number of amides is 1. The Morgan fingerprint density at radius 1 is 1.00 bits per heavy atom. The third-order valence-corrected chi connectivity index (χ3v) is 6.52. The van der Waals surface area contributed by atoms with Crippen molar-refractivity contribution in [3.8, 4) is 0 Å². The van der Waals surface area contributed by atoms with Crippen molar-refractivity contribution in [2.75, 3.05) is 23.1 Å². The molecule has 0 N–H and O–H groups in total. The highest BCUT2D eigenvalue weighted by Crippen LogP contribution is 2.20. The first-order valence-corrected chi connectivity index (χ1v) is 12.5. The zero-order valence-electron chi connectivity index (χ0n) is 19.4. The summed E-state index contributed by atoms with van der Waals surface area (Å²) in [5.41, 5.74) is 3.14. The van der Waals surface area contributed by atoms with Crippen molar-refractivity contribution in [3.63, 3.8) is 0 Å². The maximum atomic E-state index is 13.2. The van der Waals surface area contributed by atoms with Crippen LogP contribution in [0, 0.1) is 13.8 Å². The summed E-state index contributed by atoms with van der Waals surface area (Å²) in [6.45, 7) is 8.25. The summed E-state index contributed by atoms with van der Waals surface area (Å²) in [4.78, 5) is 19.2. The number of sulfonamides is 1. The molecule has 7 heteroatoms. The van der Waals surface area contributed by atoms with Gasteiger partial charge in [0.05, 0.1) is 23.7 Å². The van der Waals surface area contributed by atoms with Gasteiger partial charge in [0.25, 0.3) is 0 Å². The van der Waals surface area contributed by atoms with Crippen molar-refractivity contribution < 1.29 is 13.2 Å². The van der Waals surface area contributed by atoms with E-state index in [1.807, 2.05) is 70.2 Å². The van der Waals surface area contributed by atoms with Crippen molar-refractivity contribution in [3.05, 3.63) is 83.7 Å². The van der Waals surface area contributed by atoms with E-state index in [2.05, 4.69) is 4.98 Å². The Bertz CT molecular complexity index is 1040. The van der Waals surface area contributed by atoms with Crippen molar-refractivity contribution in [1.82, 2.24) is 9.88 Å². The molecule has 0 saturated carbocycles. The molecule has 0 atom stereocenters. The second-order valence-corrected chi connectivity index (χ2v) is 9.50. The Labute approximate surface area is 192 Å². The highest BCUT2D eigenvalue weighted by molar-refractivity contribution is 7.92. The van der Waals surface area contributed by atoms with Gasteiger partial charge in [-0.3, -0.25) is 14.1 Å². The van der Waals surface area contributed by atoms with Crippen LogP contribution in [0.15, 0.2) is 66.8 Å². The number of hydrogen-bond acceptors (Lipinski definition) is 4. The van der Waals surface area contributed by atoms with Crippen molar-refractivity contribution in [2.45, 2.75) is 40.7 Å². The number of rotatable bonds is 11. The molecule has 1 aromatic carbocycles. The molecule has 0 saturated heterocycles. The van der Waals surface area contributed by atoms with Crippen LogP contribution in [0.4, 0.5) is 5.69 Å². The molecule has 32 heavy (non-hydrogen) atoms. The van der Waals surface area contributed by atoms with E-state index >= 15 is 0 Å². The SMILES string of the molecule is CC/C=C\C=C/CS(=O)(=O)N(CC(=O)N(CC)Cc1cccc(C)n1)c1ccc(C)cc1. The molecule has 2 rings (SSSR count). The van der Waals surface area contributed by atoms with E-state index in [1.54, 1.807) is 29.2 Å². The molecule has 6 nitrogen and oxygen atoms in total. The number of anilines is 1. The number of benzene rings is 1. The Morgan fingerprint density at radius 2 is 1.69 bits per heavy atom. The number of aryl methyl sites for hydroxylation is 2. The van der Waals surface area contributed by atoms with Gasteiger partial charge in [-0.25, -0.2) is 8.42 Å². The first-order valence-electron chi connectivity index (χ1n) is 10.9. The van der Waals surface area contributed by atoms with Crippen molar-refractivity contribution in [1.29, 1.82) is 0 Å². The number of carbonyl (C=O) groups excluding carboxylic acids is 1. The molecule has 0 aliphatic carbocycles. The van der Waals surface area contributed by atoms with Gasteiger partial charge >= 0.3 is 0 Å². The van der Waals surface area contributed by atoms with Gasteiger partial charge in [-0.1, -0.05) is 55.0 Å². The fourth-order valence-corrected chi connectivity index (χ4v) is 4.39. The fraction of sp³-hybridized carbons (Fsp3) is 0.360. The van der Waals surface area contributed by atoms with Crippen LogP contribution in [-0.2, 0) is 21.4 Å². The van der Waals surface area contributed by atoms with Gasteiger partial charge in [0, 0.05) is 12.2 Å². The van der Waals surface area contributed by atoms with E-state index in [-0.39, 0.29) is 18.2 Å². The molecule has 0 bridgehead atoms. The van der Waals surface area contributed by atoms with E-state index < -0.39 is 10.0 Å². The summed E-state index contributed by atoms with van der Waals surface area (Å²) in [6, 6.07) is 12.8. The number of allylic oxidation sites excluding steroid dienone is 3. The molecule has 1 heterocycles. The maximum Gasteiger partial charge on any atom is 0.243 e. The van der Waals surface area contributed by atoms with Gasteiger partial charge in [0.1, 0.15) is 6.54 Å². The summed E-state index contributed by atoms with van der Waals surface area (Å²) < 4.78 is 27.5. The number of hydrogen-bond donors (Lipinski definition) is 0. The smallest absolute Gasteiger partial charge is 0.243 e. The van der Waals surface area contributed by atoms with Crippen molar-refractivity contribution >= 4 is 21.6 Å². The molecule has 0 aliphatic heterocycles. The number of aromatic nitrogens is 1. The number of pyridine rings is 1. The summed E-state index contributed by atoms with van der Waals surface area (Å²) in [5, 5.41) is 0. The second kappa shape index (κ2) is 12.2. The molecular weight excluding hydrogens is 422 g/mol.